The van der Waals surface area contributed by atoms with Crippen molar-refractivity contribution < 1.29 is 22.7 Å². The minimum absolute atomic E-state index is 0.0996. The Labute approximate surface area is 199 Å². The lowest BCUT2D eigenvalue weighted by Crippen LogP contribution is -2.49. The number of piperazine rings is 1. The topological polar surface area (TPSA) is 79.4 Å². The Morgan fingerprint density at radius 1 is 0.970 bits per heavy atom. The van der Waals surface area contributed by atoms with Gasteiger partial charge in [0, 0.05) is 45.8 Å². The number of hydrogen-bond acceptors (Lipinski definition) is 6. The predicted octanol–water partition coefficient (Wildman–Crippen LogP) is 2.08. The first-order chi connectivity index (χ1) is 15.9. The average Bonchev–Trinajstić information content (AvgIpc) is 2.84. The summed E-state index contributed by atoms with van der Waals surface area (Å²) in [4.78, 5) is 16.8. The Kier molecular flexibility index (Phi) is 7.87. The Morgan fingerprint density at radius 3 is 2.33 bits per heavy atom. The third-order valence-corrected chi connectivity index (χ3v) is 8.03. The number of carbonyl (C=O) groups is 1. The van der Waals surface area contributed by atoms with E-state index >= 15 is 0 Å². The van der Waals surface area contributed by atoms with Gasteiger partial charge in [-0.2, -0.15) is 4.31 Å². The summed E-state index contributed by atoms with van der Waals surface area (Å²) >= 11 is 6.28. The summed E-state index contributed by atoms with van der Waals surface area (Å²) in [7, 11) is -3.64. The van der Waals surface area contributed by atoms with Crippen molar-refractivity contribution in [1.29, 1.82) is 0 Å². The molecule has 10 heteroatoms. The van der Waals surface area contributed by atoms with E-state index in [4.69, 9.17) is 21.1 Å². The molecule has 0 unspecified atom stereocenters. The number of carbonyl (C=O) groups excluding carboxylic acids is 1. The van der Waals surface area contributed by atoms with Crippen molar-refractivity contribution >= 4 is 27.5 Å². The molecule has 1 amide bonds. The molecule has 33 heavy (non-hydrogen) atoms. The van der Waals surface area contributed by atoms with Crippen LogP contribution in [0.5, 0.6) is 5.75 Å². The van der Waals surface area contributed by atoms with Crippen LogP contribution in [0.25, 0.3) is 0 Å². The van der Waals surface area contributed by atoms with Gasteiger partial charge in [-0.3, -0.25) is 9.69 Å². The van der Waals surface area contributed by atoms with E-state index in [2.05, 4.69) is 17.0 Å². The van der Waals surface area contributed by atoms with Crippen LogP contribution in [-0.2, 0) is 26.1 Å². The minimum atomic E-state index is -3.64. The Balaban J connectivity index is 1.28. The van der Waals surface area contributed by atoms with E-state index in [9.17, 15) is 13.2 Å². The lowest BCUT2D eigenvalue weighted by molar-refractivity contribution is -0.135. The van der Waals surface area contributed by atoms with Crippen LogP contribution >= 0.6 is 11.6 Å². The van der Waals surface area contributed by atoms with Gasteiger partial charge < -0.3 is 14.4 Å². The van der Waals surface area contributed by atoms with Gasteiger partial charge in [0.15, 0.2) is 6.61 Å². The molecule has 0 aromatic heterocycles. The quantitative estimate of drug-likeness (QED) is 0.587. The fourth-order valence-corrected chi connectivity index (χ4v) is 5.66. The molecule has 2 heterocycles. The van der Waals surface area contributed by atoms with Crippen molar-refractivity contribution in [1.82, 2.24) is 14.1 Å². The van der Waals surface area contributed by atoms with E-state index < -0.39 is 10.0 Å². The summed E-state index contributed by atoms with van der Waals surface area (Å²) in [5.74, 6) is 0.170. The number of benzene rings is 2. The third-order valence-electron chi connectivity index (χ3n) is 5.84. The first-order valence-corrected chi connectivity index (χ1v) is 12.8. The highest BCUT2D eigenvalue weighted by molar-refractivity contribution is 7.89. The Morgan fingerprint density at radius 2 is 1.67 bits per heavy atom. The second-order valence-electron chi connectivity index (χ2n) is 8.04. The molecule has 0 atom stereocenters. The van der Waals surface area contributed by atoms with E-state index in [0.717, 1.165) is 19.6 Å². The largest absolute Gasteiger partial charge is 0.482 e. The number of sulfonamides is 1. The lowest BCUT2D eigenvalue weighted by atomic mass is 10.2. The van der Waals surface area contributed by atoms with Crippen molar-refractivity contribution in [3.63, 3.8) is 0 Å². The highest BCUT2D eigenvalue weighted by Crippen LogP contribution is 2.29. The maximum absolute atomic E-state index is 12.8. The number of rotatable bonds is 7. The second-order valence-corrected chi connectivity index (χ2v) is 10.4. The summed E-state index contributed by atoms with van der Waals surface area (Å²) in [6, 6.07) is 14.6. The maximum Gasteiger partial charge on any atom is 0.260 e. The molecule has 0 bridgehead atoms. The molecular formula is C23H28ClN3O5S. The van der Waals surface area contributed by atoms with Crippen LogP contribution in [0.2, 0.25) is 5.02 Å². The van der Waals surface area contributed by atoms with Gasteiger partial charge in [0.05, 0.1) is 23.1 Å². The number of ether oxygens (including phenoxy) is 2. The van der Waals surface area contributed by atoms with Gasteiger partial charge in [0.1, 0.15) is 5.75 Å². The van der Waals surface area contributed by atoms with Gasteiger partial charge >= 0.3 is 0 Å². The van der Waals surface area contributed by atoms with Crippen LogP contribution in [0.1, 0.15) is 5.56 Å². The fraction of sp³-hybridized carbons (Fsp3) is 0.435. The number of morpholine rings is 1. The van der Waals surface area contributed by atoms with Gasteiger partial charge in [0.2, 0.25) is 10.0 Å². The smallest absolute Gasteiger partial charge is 0.260 e. The molecule has 8 nitrogen and oxygen atoms in total. The standard InChI is InChI=1S/C23H28ClN3O5S/c24-21-16-20(33(29,30)27-12-14-31-15-13-27)6-7-22(21)32-18-23(28)26-10-8-25(9-11-26)17-19-4-2-1-3-5-19/h1-7,16H,8-15,17-18H2. The molecule has 178 valence electrons. The zero-order chi connectivity index (χ0) is 23.3. The molecule has 2 aliphatic heterocycles. The molecule has 0 spiro atoms. The molecule has 0 radical (unpaired) electrons. The van der Waals surface area contributed by atoms with Gasteiger partial charge in [0.25, 0.3) is 5.91 Å². The maximum atomic E-state index is 12.8. The summed E-state index contributed by atoms with van der Waals surface area (Å²) in [5, 5.41) is 0.157. The average molecular weight is 494 g/mol. The summed E-state index contributed by atoms with van der Waals surface area (Å²) in [6.45, 7) is 4.97. The van der Waals surface area contributed by atoms with Crippen LogP contribution in [0.15, 0.2) is 53.4 Å². The van der Waals surface area contributed by atoms with Crippen LogP contribution in [0.4, 0.5) is 0 Å². The molecule has 2 saturated heterocycles. The summed E-state index contributed by atoms with van der Waals surface area (Å²) in [5.41, 5.74) is 1.26. The second kappa shape index (κ2) is 10.8. The molecule has 2 aromatic carbocycles. The van der Waals surface area contributed by atoms with E-state index in [1.165, 1.54) is 28.1 Å². The number of nitrogens with zero attached hydrogens (tertiary/aromatic N) is 3. The molecule has 0 saturated carbocycles. The zero-order valence-corrected chi connectivity index (χ0v) is 19.9. The normalized spacial score (nSPS) is 18.3. The van der Waals surface area contributed by atoms with Gasteiger partial charge in [-0.1, -0.05) is 41.9 Å². The number of halogens is 1. The van der Waals surface area contributed by atoms with Crippen LogP contribution in [0, 0.1) is 0 Å². The van der Waals surface area contributed by atoms with E-state index in [1.54, 1.807) is 4.90 Å². The Hall–Kier alpha value is -2.17. The molecule has 2 aromatic rings. The molecule has 4 rings (SSSR count). The van der Waals surface area contributed by atoms with Crippen LogP contribution in [-0.4, -0.2) is 87.5 Å². The van der Waals surface area contributed by atoms with E-state index in [0.29, 0.717) is 39.4 Å². The van der Waals surface area contributed by atoms with Gasteiger partial charge in [-0.05, 0) is 23.8 Å². The first kappa shape index (κ1) is 24.0. The highest BCUT2D eigenvalue weighted by atomic mass is 35.5. The monoisotopic (exact) mass is 493 g/mol. The Bertz CT molecular complexity index is 1050. The van der Waals surface area contributed by atoms with Gasteiger partial charge in [-0.15, -0.1) is 0 Å². The van der Waals surface area contributed by atoms with Crippen molar-refractivity contribution in [2.75, 3.05) is 59.1 Å². The number of hydrogen-bond donors (Lipinski definition) is 0. The summed E-state index contributed by atoms with van der Waals surface area (Å²) < 4.78 is 37.8. The predicted molar refractivity (Wildman–Crippen MR) is 125 cm³/mol. The van der Waals surface area contributed by atoms with Crippen LogP contribution in [0.3, 0.4) is 0 Å². The van der Waals surface area contributed by atoms with E-state index in [-0.39, 0.29) is 28.2 Å². The fourth-order valence-electron chi connectivity index (χ4n) is 3.92. The summed E-state index contributed by atoms with van der Waals surface area (Å²) in [6.07, 6.45) is 0. The van der Waals surface area contributed by atoms with Crippen molar-refractivity contribution in [2.45, 2.75) is 11.4 Å². The molecule has 0 N–H and O–H groups in total. The van der Waals surface area contributed by atoms with E-state index in [1.807, 2.05) is 18.2 Å². The third kappa shape index (κ3) is 6.04. The number of amides is 1. The highest BCUT2D eigenvalue weighted by Gasteiger charge is 2.27. The van der Waals surface area contributed by atoms with Crippen molar-refractivity contribution in [3.8, 4) is 5.75 Å². The lowest BCUT2D eigenvalue weighted by Gasteiger charge is -2.34. The molecular weight excluding hydrogens is 466 g/mol. The molecule has 2 aliphatic rings. The van der Waals surface area contributed by atoms with Gasteiger partial charge in [-0.25, -0.2) is 8.42 Å². The SMILES string of the molecule is O=C(COc1ccc(S(=O)(=O)N2CCOCC2)cc1Cl)N1CCN(Cc2ccccc2)CC1. The van der Waals surface area contributed by atoms with Crippen molar-refractivity contribution in [2.24, 2.45) is 0 Å². The van der Waals surface area contributed by atoms with Crippen molar-refractivity contribution in [3.05, 3.63) is 59.1 Å². The van der Waals surface area contributed by atoms with Crippen LogP contribution < -0.4 is 4.74 Å². The molecule has 0 aliphatic carbocycles. The first-order valence-electron chi connectivity index (χ1n) is 11.0. The zero-order valence-electron chi connectivity index (χ0n) is 18.4. The minimum Gasteiger partial charge on any atom is -0.482 e. The molecule has 2 fully saturated rings.